The third kappa shape index (κ3) is 2.78. The van der Waals surface area contributed by atoms with E-state index in [0.29, 0.717) is 17.9 Å². The van der Waals surface area contributed by atoms with Crippen LogP contribution < -0.4 is 5.32 Å². The summed E-state index contributed by atoms with van der Waals surface area (Å²) in [6.07, 6.45) is 3.36. The van der Waals surface area contributed by atoms with Crippen molar-refractivity contribution >= 4 is 12.4 Å². The molecule has 1 nitrogen and oxygen atoms in total. The molecule has 2 aromatic carbocycles. The quantitative estimate of drug-likeness (QED) is 0.879. The average Bonchev–Trinajstić information content (AvgIpc) is 2.91. The molecule has 0 aromatic heterocycles. The molecule has 2 aliphatic rings. The van der Waals surface area contributed by atoms with E-state index in [1.165, 1.54) is 30.0 Å². The molecule has 4 rings (SSSR count). The van der Waals surface area contributed by atoms with Gasteiger partial charge in [-0.1, -0.05) is 36.4 Å². The van der Waals surface area contributed by atoms with Crippen LogP contribution in [0.1, 0.15) is 29.0 Å². The van der Waals surface area contributed by atoms with Crippen molar-refractivity contribution in [2.75, 3.05) is 6.54 Å². The Balaban J connectivity index is 0.00000144. The highest BCUT2D eigenvalue weighted by Gasteiger charge is 2.39. The molecule has 0 bridgehead atoms. The van der Waals surface area contributed by atoms with Crippen LogP contribution in [0.25, 0.3) is 0 Å². The molecule has 3 atom stereocenters. The summed E-state index contributed by atoms with van der Waals surface area (Å²) in [6.45, 7) is 1.06. The Bertz CT molecular complexity index is 657. The highest BCUT2D eigenvalue weighted by atomic mass is 35.5. The molecular formula is C19H21ClFN. The molecular weight excluding hydrogens is 297 g/mol. The van der Waals surface area contributed by atoms with Crippen molar-refractivity contribution in [1.82, 2.24) is 5.32 Å². The molecule has 116 valence electrons. The topological polar surface area (TPSA) is 12.0 Å². The largest absolute Gasteiger partial charge is 0.313 e. The molecule has 3 heteroatoms. The summed E-state index contributed by atoms with van der Waals surface area (Å²) < 4.78 is 13.4. The third-order valence-corrected chi connectivity index (χ3v) is 5.18. The van der Waals surface area contributed by atoms with Gasteiger partial charge in [-0.3, -0.25) is 0 Å². The number of hydrogen-bond acceptors (Lipinski definition) is 1. The zero-order chi connectivity index (χ0) is 14.2. The van der Waals surface area contributed by atoms with Gasteiger partial charge < -0.3 is 5.32 Å². The average molecular weight is 318 g/mol. The molecule has 0 saturated carbocycles. The number of nitrogens with one attached hydrogen (secondary N) is 1. The minimum atomic E-state index is -0.129. The Morgan fingerprint density at radius 3 is 2.82 bits per heavy atom. The van der Waals surface area contributed by atoms with E-state index in [-0.39, 0.29) is 18.2 Å². The van der Waals surface area contributed by atoms with Gasteiger partial charge in [0.1, 0.15) is 5.82 Å². The van der Waals surface area contributed by atoms with Gasteiger partial charge in [0.05, 0.1) is 0 Å². The lowest BCUT2D eigenvalue weighted by molar-refractivity contribution is 0.373. The fraction of sp³-hybridized carbons (Fsp3) is 0.368. The predicted octanol–water partition coefficient (Wildman–Crippen LogP) is 4.11. The first kappa shape index (κ1) is 15.5. The molecule has 0 radical (unpaired) electrons. The summed E-state index contributed by atoms with van der Waals surface area (Å²) in [6, 6.07) is 16.4. The zero-order valence-electron chi connectivity index (χ0n) is 12.5. The molecule has 0 spiro atoms. The summed E-state index contributed by atoms with van der Waals surface area (Å²) >= 11 is 0. The van der Waals surface area contributed by atoms with Crippen LogP contribution in [0.5, 0.6) is 0 Å². The number of rotatable bonds is 2. The van der Waals surface area contributed by atoms with Crippen LogP contribution in [0.2, 0.25) is 0 Å². The van der Waals surface area contributed by atoms with Crippen molar-refractivity contribution in [2.24, 2.45) is 5.92 Å². The second-order valence-electron chi connectivity index (χ2n) is 6.36. The lowest BCUT2D eigenvalue weighted by atomic mass is 9.74. The molecule has 1 saturated heterocycles. The van der Waals surface area contributed by atoms with Crippen LogP contribution in [0.15, 0.2) is 48.5 Å². The lowest BCUT2D eigenvalue weighted by Crippen LogP contribution is -2.31. The molecule has 1 N–H and O–H groups in total. The van der Waals surface area contributed by atoms with E-state index >= 15 is 0 Å². The molecule has 0 amide bonds. The summed E-state index contributed by atoms with van der Waals surface area (Å²) in [5, 5.41) is 3.69. The highest BCUT2D eigenvalue weighted by Crippen LogP contribution is 2.41. The van der Waals surface area contributed by atoms with E-state index in [4.69, 9.17) is 0 Å². The molecule has 1 heterocycles. The van der Waals surface area contributed by atoms with Crippen molar-refractivity contribution in [2.45, 2.75) is 31.2 Å². The maximum Gasteiger partial charge on any atom is 0.123 e. The zero-order valence-corrected chi connectivity index (χ0v) is 13.3. The number of aryl methyl sites for hydroxylation is 1. The molecule has 2 aromatic rings. The van der Waals surface area contributed by atoms with Gasteiger partial charge in [-0.25, -0.2) is 4.39 Å². The van der Waals surface area contributed by atoms with Gasteiger partial charge >= 0.3 is 0 Å². The predicted molar refractivity (Wildman–Crippen MR) is 90.1 cm³/mol. The Kier molecular flexibility index (Phi) is 4.51. The number of fused-ring (bicyclic) bond motifs is 3. The van der Waals surface area contributed by atoms with Crippen molar-refractivity contribution in [3.05, 3.63) is 71.0 Å². The molecule has 1 aliphatic heterocycles. The third-order valence-electron chi connectivity index (χ3n) is 5.18. The monoisotopic (exact) mass is 317 g/mol. The van der Waals surface area contributed by atoms with Crippen LogP contribution in [-0.4, -0.2) is 12.6 Å². The van der Waals surface area contributed by atoms with Gasteiger partial charge in [0.15, 0.2) is 0 Å². The summed E-state index contributed by atoms with van der Waals surface area (Å²) in [5.74, 6) is 1.19. The first-order valence-electron chi connectivity index (χ1n) is 7.87. The Morgan fingerprint density at radius 2 is 1.95 bits per heavy atom. The maximum atomic E-state index is 13.4. The summed E-state index contributed by atoms with van der Waals surface area (Å²) in [4.78, 5) is 0. The fourth-order valence-electron chi connectivity index (χ4n) is 4.19. The van der Waals surface area contributed by atoms with Gasteiger partial charge in [0, 0.05) is 18.5 Å². The number of hydrogen-bond donors (Lipinski definition) is 1. The molecule has 1 unspecified atom stereocenters. The van der Waals surface area contributed by atoms with Crippen LogP contribution in [0, 0.1) is 11.7 Å². The van der Waals surface area contributed by atoms with Gasteiger partial charge in [-0.15, -0.1) is 12.4 Å². The van der Waals surface area contributed by atoms with Crippen LogP contribution in [-0.2, 0) is 12.8 Å². The van der Waals surface area contributed by atoms with Crippen molar-refractivity contribution in [3.63, 3.8) is 0 Å². The van der Waals surface area contributed by atoms with E-state index in [2.05, 4.69) is 29.6 Å². The van der Waals surface area contributed by atoms with E-state index in [1.807, 2.05) is 12.1 Å². The van der Waals surface area contributed by atoms with Crippen LogP contribution in [0.3, 0.4) is 0 Å². The minimum Gasteiger partial charge on any atom is -0.313 e. The van der Waals surface area contributed by atoms with Crippen molar-refractivity contribution in [1.29, 1.82) is 0 Å². The van der Waals surface area contributed by atoms with Crippen molar-refractivity contribution in [3.8, 4) is 0 Å². The first-order valence-corrected chi connectivity index (χ1v) is 7.87. The standard InChI is InChI=1S/C19H20FN.ClH/c20-15-6-3-4-13(10-15)11-19-17-9-8-14-5-1-2-7-16(14)18(17)12-21-19;/h1-7,10,17-19,21H,8-9,11-12H2;1H/t17?,18-,19-;/m1./s1. The van der Waals surface area contributed by atoms with Crippen LogP contribution in [0.4, 0.5) is 4.39 Å². The first-order chi connectivity index (χ1) is 10.3. The smallest absolute Gasteiger partial charge is 0.123 e. The van der Waals surface area contributed by atoms with E-state index in [0.717, 1.165) is 18.5 Å². The normalized spacial score (nSPS) is 26.0. The van der Waals surface area contributed by atoms with Gasteiger partial charge in [-0.2, -0.15) is 0 Å². The van der Waals surface area contributed by atoms with E-state index in [1.54, 1.807) is 6.07 Å². The highest BCUT2D eigenvalue weighted by molar-refractivity contribution is 5.85. The van der Waals surface area contributed by atoms with Gasteiger partial charge in [0.25, 0.3) is 0 Å². The Labute approximate surface area is 137 Å². The van der Waals surface area contributed by atoms with E-state index < -0.39 is 0 Å². The van der Waals surface area contributed by atoms with Crippen molar-refractivity contribution < 1.29 is 4.39 Å². The molecule has 1 fully saturated rings. The summed E-state index contributed by atoms with van der Waals surface area (Å²) in [5.41, 5.74) is 4.15. The molecule has 1 aliphatic carbocycles. The minimum absolute atomic E-state index is 0. The number of benzene rings is 2. The van der Waals surface area contributed by atoms with E-state index in [9.17, 15) is 4.39 Å². The second kappa shape index (κ2) is 6.39. The Morgan fingerprint density at radius 1 is 1.09 bits per heavy atom. The van der Waals surface area contributed by atoms with Crippen LogP contribution >= 0.6 is 12.4 Å². The maximum absolute atomic E-state index is 13.4. The Hall–Kier alpha value is -1.38. The lowest BCUT2D eigenvalue weighted by Gasteiger charge is -2.30. The number of halogens is 2. The van der Waals surface area contributed by atoms with Gasteiger partial charge in [-0.05, 0) is 54.0 Å². The fourth-order valence-corrected chi connectivity index (χ4v) is 4.19. The summed E-state index contributed by atoms with van der Waals surface area (Å²) in [7, 11) is 0. The SMILES string of the molecule is Cl.Fc1cccc(C[C@H]2NC[C@@H]3c4ccccc4CCC32)c1. The second-order valence-corrected chi connectivity index (χ2v) is 6.36. The van der Waals surface area contributed by atoms with Gasteiger partial charge in [0.2, 0.25) is 0 Å². The molecule has 22 heavy (non-hydrogen) atoms.